The van der Waals surface area contributed by atoms with Crippen molar-refractivity contribution in [3.8, 4) is 0 Å². The van der Waals surface area contributed by atoms with Crippen LogP contribution >= 0.6 is 12.2 Å². The average molecular weight is 510 g/mol. The third-order valence-electron chi connectivity index (χ3n) is 8.39. The number of benzene rings is 1. The van der Waals surface area contributed by atoms with Gasteiger partial charge in [0, 0.05) is 31.6 Å². The van der Waals surface area contributed by atoms with Gasteiger partial charge in [0.2, 0.25) is 5.91 Å². The van der Waals surface area contributed by atoms with E-state index in [0.717, 1.165) is 63.1 Å². The summed E-state index contributed by atoms with van der Waals surface area (Å²) in [5.41, 5.74) is 6.00. The molecular weight excluding hydrogens is 462 g/mol. The van der Waals surface area contributed by atoms with Gasteiger partial charge in [-0.3, -0.25) is 4.79 Å². The predicted octanol–water partition coefficient (Wildman–Crippen LogP) is 6.44. The lowest BCUT2D eigenvalue weighted by Crippen LogP contribution is -2.50. The first-order chi connectivity index (χ1) is 17.0. The molecule has 2 aliphatic carbocycles. The Morgan fingerprint density at radius 3 is 2.47 bits per heavy atom. The number of hydrogen-bond acceptors (Lipinski definition) is 2. The van der Waals surface area contributed by atoms with Crippen LogP contribution in [0.15, 0.2) is 29.8 Å². The highest BCUT2D eigenvalue weighted by Crippen LogP contribution is 2.42. The van der Waals surface area contributed by atoms with E-state index >= 15 is 0 Å². The number of nitrogens with zero attached hydrogens (tertiary/aromatic N) is 2. The van der Waals surface area contributed by atoms with Crippen molar-refractivity contribution in [1.29, 1.82) is 0 Å². The zero-order valence-electron chi connectivity index (χ0n) is 23.4. The summed E-state index contributed by atoms with van der Waals surface area (Å²) in [6, 6.07) is 9.21. The van der Waals surface area contributed by atoms with Crippen LogP contribution in [-0.4, -0.2) is 52.5 Å². The molecular formula is C31H47N3OS. The van der Waals surface area contributed by atoms with Crippen LogP contribution in [0.5, 0.6) is 0 Å². The van der Waals surface area contributed by atoms with E-state index in [-0.39, 0.29) is 17.5 Å². The van der Waals surface area contributed by atoms with E-state index in [1.807, 2.05) is 0 Å². The first-order valence-corrected chi connectivity index (χ1v) is 14.6. The molecule has 1 saturated carbocycles. The Morgan fingerprint density at radius 1 is 1.11 bits per heavy atom. The van der Waals surface area contributed by atoms with Gasteiger partial charge in [-0.1, -0.05) is 38.1 Å². The second-order valence-corrected chi connectivity index (χ2v) is 13.2. The molecule has 0 aromatic heterocycles. The van der Waals surface area contributed by atoms with Crippen LogP contribution < -0.4 is 5.32 Å². The Labute approximate surface area is 224 Å². The van der Waals surface area contributed by atoms with Crippen molar-refractivity contribution in [3.63, 3.8) is 0 Å². The summed E-state index contributed by atoms with van der Waals surface area (Å²) in [5, 5.41) is 4.24. The molecule has 198 valence electrons. The number of rotatable bonds is 4. The van der Waals surface area contributed by atoms with Gasteiger partial charge >= 0.3 is 0 Å². The highest BCUT2D eigenvalue weighted by Gasteiger charge is 2.39. The van der Waals surface area contributed by atoms with Crippen molar-refractivity contribution >= 4 is 28.8 Å². The minimum absolute atomic E-state index is 0.0223. The molecule has 1 aromatic carbocycles. The van der Waals surface area contributed by atoms with Crippen LogP contribution in [0.25, 0.3) is 5.57 Å². The molecule has 1 heterocycles. The number of thiocarbonyl (C=S) groups is 1. The summed E-state index contributed by atoms with van der Waals surface area (Å²) < 4.78 is 0. The van der Waals surface area contributed by atoms with Crippen LogP contribution in [-0.2, 0) is 11.2 Å². The van der Waals surface area contributed by atoms with E-state index < -0.39 is 0 Å². The van der Waals surface area contributed by atoms with E-state index in [1.165, 1.54) is 23.1 Å². The minimum atomic E-state index is -0.0223. The molecule has 0 spiro atoms. The van der Waals surface area contributed by atoms with E-state index in [0.29, 0.717) is 17.7 Å². The van der Waals surface area contributed by atoms with Gasteiger partial charge in [0.1, 0.15) is 0 Å². The van der Waals surface area contributed by atoms with E-state index in [9.17, 15) is 4.79 Å². The minimum Gasteiger partial charge on any atom is -0.358 e. The lowest BCUT2D eigenvalue weighted by Gasteiger charge is -2.44. The maximum Gasteiger partial charge on any atom is 0.226 e. The highest BCUT2D eigenvalue weighted by atomic mass is 32.1. The number of carbonyl (C=O) groups excluding carboxylic acids is 1. The normalized spacial score (nSPS) is 24.6. The molecule has 3 aliphatic rings. The fraction of sp³-hybridized carbons (Fsp3) is 0.677. The predicted molar refractivity (Wildman–Crippen MR) is 155 cm³/mol. The molecule has 1 N–H and O–H groups in total. The molecule has 36 heavy (non-hydrogen) atoms. The zero-order chi connectivity index (χ0) is 26.0. The van der Waals surface area contributed by atoms with Gasteiger partial charge in [-0.2, -0.15) is 0 Å². The first-order valence-electron chi connectivity index (χ1n) is 14.2. The zero-order valence-corrected chi connectivity index (χ0v) is 24.2. The number of carbonyl (C=O) groups is 1. The van der Waals surface area contributed by atoms with Gasteiger partial charge in [0.05, 0.1) is 6.04 Å². The summed E-state index contributed by atoms with van der Waals surface area (Å²) in [6.45, 7) is 12.9. The van der Waals surface area contributed by atoms with Gasteiger partial charge in [0.25, 0.3) is 0 Å². The van der Waals surface area contributed by atoms with Gasteiger partial charge < -0.3 is 15.1 Å². The molecule has 5 heteroatoms. The topological polar surface area (TPSA) is 35.6 Å². The summed E-state index contributed by atoms with van der Waals surface area (Å²) >= 11 is 5.61. The van der Waals surface area contributed by atoms with Crippen molar-refractivity contribution in [3.05, 3.63) is 41.0 Å². The molecule has 1 aromatic rings. The number of hydrogen-bond donors (Lipinski definition) is 1. The molecule has 1 aliphatic heterocycles. The molecule has 0 bridgehead atoms. The third kappa shape index (κ3) is 6.15. The Morgan fingerprint density at radius 2 is 1.81 bits per heavy atom. The fourth-order valence-electron chi connectivity index (χ4n) is 6.73. The van der Waals surface area contributed by atoms with Crippen molar-refractivity contribution in [2.45, 2.75) is 97.6 Å². The smallest absolute Gasteiger partial charge is 0.226 e. The molecule has 4 nitrogen and oxygen atoms in total. The molecule has 0 radical (unpaired) electrons. The fourth-order valence-corrected chi connectivity index (χ4v) is 7.11. The lowest BCUT2D eigenvalue weighted by atomic mass is 9.78. The van der Waals surface area contributed by atoms with Crippen molar-refractivity contribution in [2.75, 3.05) is 20.1 Å². The van der Waals surface area contributed by atoms with E-state index in [2.05, 4.69) is 81.0 Å². The van der Waals surface area contributed by atoms with Gasteiger partial charge in [-0.05, 0) is 118 Å². The summed E-state index contributed by atoms with van der Waals surface area (Å²) in [4.78, 5) is 18.4. The third-order valence-corrected chi connectivity index (χ3v) is 8.80. The van der Waals surface area contributed by atoms with E-state index in [1.54, 1.807) is 5.57 Å². The molecule has 1 amide bonds. The standard InChI is InChI=1S/C31H47N3OS/c1-21(2)28-27-13-9-11-23-10-7-8-12-25(23)26(27)18-19-34(28)29(35)24-16-14-22(15-17-24)20-33(6)30(36)32-31(3,4)5/h7-8,10,12,21-22,24,28H,9,11,13-20H2,1-6H3,(H,32,36). The lowest BCUT2D eigenvalue weighted by molar-refractivity contribution is -0.139. The quantitative estimate of drug-likeness (QED) is 0.474. The summed E-state index contributed by atoms with van der Waals surface area (Å²) in [7, 11) is 2.09. The number of aryl methyl sites for hydroxylation is 1. The Kier molecular flexibility index (Phi) is 8.49. The number of fused-ring (bicyclic) bond motifs is 2. The Bertz CT molecular complexity index is 984. The van der Waals surface area contributed by atoms with Crippen LogP contribution in [0.1, 0.15) is 90.7 Å². The summed E-state index contributed by atoms with van der Waals surface area (Å²) in [6.07, 6.45) is 8.69. The molecule has 1 atom stereocenters. The second-order valence-electron chi connectivity index (χ2n) is 12.8. The monoisotopic (exact) mass is 509 g/mol. The Hall–Kier alpha value is -1.88. The molecule has 0 saturated heterocycles. The molecule has 4 rings (SSSR count). The largest absolute Gasteiger partial charge is 0.358 e. The van der Waals surface area contributed by atoms with Crippen molar-refractivity contribution in [2.24, 2.45) is 17.8 Å². The van der Waals surface area contributed by atoms with Gasteiger partial charge in [-0.25, -0.2) is 0 Å². The SMILES string of the molecule is CC(C)C1C2=C(CCN1C(=O)C1CCC(CN(C)C(=S)NC(C)(C)C)CC1)c1ccccc1CCC2. The molecule has 1 fully saturated rings. The number of amides is 1. The summed E-state index contributed by atoms with van der Waals surface area (Å²) in [5.74, 6) is 1.63. The van der Waals surface area contributed by atoms with Crippen molar-refractivity contribution in [1.82, 2.24) is 15.1 Å². The van der Waals surface area contributed by atoms with Gasteiger partial charge in [-0.15, -0.1) is 0 Å². The highest BCUT2D eigenvalue weighted by molar-refractivity contribution is 7.80. The average Bonchev–Trinajstić information content (AvgIpc) is 3.01. The molecule has 1 unspecified atom stereocenters. The Balaban J connectivity index is 1.41. The van der Waals surface area contributed by atoms with Crippen molar-refractivity contribution < 1.29 is 4.79 Å². The van der Waals surface area contributed by atoms with E-state index in [4.69, 9.17) is 12.2 Å². The van der Waals surface area contributed by atoms with Crippen LogP contribution in [0.3, 0.4) is 0 Å². The van der Waals surface area contributed by atoms with Crippen LogP contribution in [0.2, 0.25) is 0 Å². The first kappa shape index (κ1) is 27.2. The maximum absolute atomic E-state index is 13.9. The van der Waals surface area contributed by atoms with Crippen LogP contribution in [0, 0.1) is 17.8 Å². The second kappa shape index (κ2) is 11.2. The van der Waals surface area contributed by atoms with Crippen LogP contribution in [0.4, 0.5) is 0 Å². The van der Waals surface area contributed by atoms with Gasteiger partial charge in [0.15, 0.2) is 5.11 Å². The number of nitrogens with one attached hydrogen (secondary N) is 1. The maximum atomic E-state index is 13.9.